The van der Waals surface area contributed by atoms with Crippen LogP contribution in [0.3, 0.4) is 0 Å². The number of hydrogen-bond donors (Lipinski definition) is 1. The van der Waals surface area contributed by atoms with Crippen molar-refractivity contribution in [3.63, 3.8) is 0 Å². The Labute approximate surface area is 137 Å². The van der Waals surface area contributed by atoms with E-state index in [-0.39, 0.29) is 5.92 Å². The van der Waals surface area contributed by atoms with Gasteiger partial charge in [0.1, 0.15) is 0 Å². The SMILES string of the molecule is O=C(C1CC=CCC1)N1CCC(c2cc3ccccc3[nH]2)CC1. The summed E-state index contributed by atoms with van der Waals surface area (Å²) in [5, 5.41) is 1.29. The monoisotopic (exact) mass is 308 g/mol. The number of carbonyl (C=O) groups excluding carboxylic acids is 1. The molecular formula is C20H24N2O. The molecule has 3 nitrogen and oxygen atoms in total. The molecule has 0 bridgehead atoms. The minimum Gasteiger partial charge on any atom is -0.358 e. The molecule has 1 fully saturated rings. The number of nitrogens with zero attached hydrogens (tertiary/aromatic N) is 1. The number of allylic oxidation sites excluding steroid dienone is 2. The molecule has 1 N–H and O–H groups in total. The predicted molar refractivity (Wildman–Crippen MR) is 93.3 cm³/mol. The van der Waals surface area contributed by atoms with Crippen LogP contribution in [0.25, 0.3) is 10.9 Å². The van der Waals surface area contributed by atoms with Gasteiger partial charge in [-0.1, -0.05) is 30.4 Å². The average molecular weight is 308 g/mol. The molecule has 3 heteroatoms. The smallest absolute Gasteiger partial charge is 0.226 e. The van der Waals surface area contributed by atoms with Gasteiger partial charge in [-0.15, -0.1) is 0 Å². The summed E-state index contributed by atoms with van der Waals surface area (Å²) in [5.74, 6) is 1.16. The van der Waals surface area contributed by atoms with Crippen LogP contribution in [-0.4, -0.2) is 28.9 Å². The van der Waals surface area contributed by atoms with E-state index in [2.05, 4.69) is 52.4 Å². The Morgan fingerprint density at radius 1 is 1.09 bits per heavy atom. The van der Waals surface area contributed by atoms with E-state index >= 15 is 0 Å². The van der Waals surface area contributed by atoms with Gasteiger partial charge < -0.3 is 9.88 Å². The van der Waals surface area contributed by atoms with Crippen LogP contribution >= 0.6 is 0 Å². The van der Waals surface area contributed by atoms with E-state index < -0.39 is 0 Å². The van der Waals surface area contributed by atoms with Crippen LogP contribution in [-0.2, 0) is 4.79 Å². The molecule has 1 saturated heterocycles. The molecule has 0 radical (unpaired) electrons. The summed E-state index contributed by atoms with van der Waals surface area (Å²) in [6.07, 6.45) is 9.53. The molecule has 0 spiro atoms. The van der Waals surface area contributed by atoms with Crippen molar-refractivity contribution in [2.75, 3.05) is 13.1 Å². The molecule has 4 rings (SSSR count). The minimum absolute atomic E-state index is 0.227. The fraction of sp³-hybridized carbons (Fsp3) is 0.450. The van der Waals surface area contributed by atoms with Crippen LogP contribution in [0.4, 0.5) is 0 Å². The molecule has 1 aromatic carbocycles. The fourth-order valence-electron chi connectivity index (χ4n) is 4.00. The lowest BCUT2D eigenvalue weighted by Gasteiger charge is -2.34. The molecule has 23 heavy (non-hydrogen) atoms. The zero-order valence-corrected chi connectivity index (χ0v) is 13.5. The first-order valence-corrected chi connectivity index (χ1v) is 8.83. The molecule has 120 valence electrons. The maximum atomic E-state index is 12.6. The van der Waals surface area contributed by atoms with Gasteiger partial charge in [0.2, 0.25) is 5.91 Å². The Hall–Kier alpha value is -2.03. The van der Waals surface area contributed by atoms with Crippen LogP contribution < -0.4 is 0 Å². The van der Waals surface area contributed by atoms with E-state index in [1.165, 1.54) is 16.6 Å². The molecule has 2 aromatic rings. The number of fused-ring (bicyclic) bond motifs is 1. The lowest BCUT2D eigenvalue weighted by Crippen LogP contribution is -2.41. The molecule has 1 aromatic heterocycles. The third-order valence-corrected chi connectivity index (χ3v) is 5.42. The van der Waals surface area contributed by atoms with Gasteiger partial charge in [0.05, 0.1) is 0 Å². The highest BCUT2D eigenvalue weighted by Crippen LogP contribution is 2.31. The number of likely N-dealkylation sites (tertiary alicyclic amines) is 1. The Morgan fingerprint density at radius 2 is 1.91 bits per heavy atom. The highest BCUT2D eigenvalue weighted by Gasteiger charge is 2.29. The summed E-state index contributed by atoms with van der Waals surface area (Å²) in [5.41, 5.74) is 2.55. The predicted octanol–water partition coefficient (Wildman–Crippen LogP) is 4.23. The highest BCUT2D eigenvalue weighted by molar-refractivity contribution is 5.81. The number of nitrogens with one attached hydrogen (secondary N) is 1. The van der Waals surface area contributed by atoms with Gasteiger partial charge in [0, 0.05) is 36.1 Å². The number of carbonyl (C=O) groups is 1. The van der Waals surface area contributed by atoms with Gasteiger partial charge in [-0.05, 0) is 49.6 Å². The van der Waals surface area contributed by atoms with Gasteiger partial charge >= 0.3 is 0 Å². The topological polar surface area (TPSA) is 36.1 Å². The molecule has 2 heterocycles. The normalized spacial score (nSPS) is 22.6. The largest absolute Gasteiger partial charge is 0.358 e. The van der Waals surface area contributed by atoms with Crippen LogP contribution in [0.15, 0.2) is 42.5 Å². The Kier molecular flexibility index (Phi) is 3.94. The summed E-state index contributed by atoms with van der Waals surface area (Å²) in [6.45, 7) is 1.80. The number of rotatable bonds is 2. The van der Waals surface area contributed by atoms with Crippen molar-refractivity contribution in [2.45, 2.75) is 38.0 Å². The summed E-state index contributed by atoms with van der Waals surface area (Å²) in [4.78, 5) is 18.3. The second-order valence-corrected chi connectivity index (χ2v) is 6.89. The van der Waals surface area contributed by atoms with E-state index in [4.69, 9.17) is 0 Å². The van der Waals surface area contributed by atoms with Crippen molar-refractivity contribution in [1.29, 1.82) is 0 Å². The van der Waals surface area contributed by atoms with Crippen molar-refractivity contribution in [3.05, 3.63) is 48.2 Å². The maximum absolute atomic E-state index is 12.6. The molecule has 2 aliphatic rings. The zero-order chi connectivity index (χ0) is 15.6. The first-order chi connectivity index (χ1) is 11.3. The number of piperidine rings is 1. The van der Waals surface area contributed by atoms with E-state index in [1.807, 2.05) is 0 Å². The number of hydrogen-bond acceptors (Lipinski definition) is 1. The third kappa shape index (κ3) is 2.92. The Balaban J connectivity index is 1.40. The van der Waals surface area contributed by atoms with Gasteiger partial charge in [0.15, 0.2) is 0 Å². The molecule has 1 atom stereocenters. The summed E-state index contributed by atoms with van der Waals surface area (Å²) < 4.78 is 0. The van der Waals surface area contributed by atoms with E-state index in [1.54, 1.807) is 0 Å². The van der Waals surface area contributed by atoms with Gasteiger partial charge in [-0.25, -0.2) is 0 Å². The quantitative estimate of drug-likeness (QED) is 0.828. The number of benzene rings is 1. The lowest BCUT2D eigenvalue weighted by molar-refractivity contribution is -0.136. The summed E-state index contributed by atoms with van der Waals surface area (Å²) in [7, 11) is 0. The van der Waals surface area contributed by atoms with Gasteiger partial charge in [0.25, 0.3) is 0 Å². The number of aromatic nitrogens is 1. The van der Waals surface area contributed by atoms with Crippen molar-refractivity contribution in [3.8, 4) is 0 Å². The van der Waals surface area contributed by atoms with E-state index in [9.17, 15) is 4.79 Å². The zero-order valence-electron chi connectivity index (χ0n) is 13.5. The number of H-pyrrole nitrogens is 1. The minimum atomic E-state index is 0.227. The number of para-hydroxylation sites is 1. The van der Waals surface area contributed by atoms with Gasteiger partial charge in [-0.3, -0.25) is 4.79 Å². The van der Waals surface area contributed by atoms with E-state index in [0.717, 1.165) is 45.2 Å². The van der Waals surface area contributed by atoms with Crippen molar-refractivity contribution < 1.29 is 4.79 Å². The van der Waals surface area contributed by atoms with Crippen molar-refractivity contribution in [2.24, 2.45) is 5.92 Å². The number of aromatic amines is 1. The standard InChI is InChI=1S/C20H24N2O/c23-20(16-6-2-1-3-7-16)22-12-10-15(11-13-22)19-14-17-8-4-5-9-18(17)21-19/h1-2,4-5,8-9,14-16,21H,3,6-7,10-13H2. The third-order valence-electron chi connectivity index (χ3n) is 5.42. The summed E-state index contributed by atoms with van der Waals surface area (Å²) in [6, 6.07) is 10.7. The molecule has 1 aliphatic heterocycles. The van der Waals surface area contributed by atoms with Crippen molar-refractivity contribution >= 4 is 16.8 Å². The molecule has 1 amide bonds. The Morgan fingerprint density at radius 3 is 2.65 bits per heavy atom. The van der Waals surface area contributed by atoms with Gasteiger partial charge in [-0.2, -0.15) is 0 Å². The Bertz CT molecular complexity index is 689. The van der Waals surface area contributed by atoms with Crippen LogP contribution in [0.2, 0.25) is 0 Å². The number of amides is 1. The first kappa shape index (κ1) is 14.6. The second-order valence-electron chi connectivity index (χ2n) is 6.89. The second kappa shape index (κ2) is 6.23. The summed E-state index contributed by atoms with van der Waals surface area (Å²) >= 11 is 0. The van der Waals surface area contributed by atoms with E-state index in [0.29, 0.717) is 11.8 Å². The van der Waals surface area contributed by atoms with Crippen LogP contribution in [0, 0.1) is 5.92 Å². The average Bonchev–Trinajstić information content (AvgIpc) is 3.06. The van der Waals surface area contributed by atoms with Crippen LogP contribution in [0.5, 0.6) is 0 Å². The maximum Gasteiger partial charge on any atom is 0.226 e. The first-order valence-electron chi connectivity index (χ1n) is 8.83. The molecular weight excluding hydrogens is 284 g/mol. The molecule has 0 saturated carbocycles. The lowest BCUT2D eigenvalue weighted by atomic mass is 9.90. The molecule has 1 unspecified atom stereocenters. The highest BCUT2D eigenvalue weighted by atomic mass is 16.2. The fourth-order valence-corrected chi connectivity index (χ4v) is 4.00. The molecule has 1 aliphatic carbocycles. The van der Waals surface area contributed by atoms with Crippen molar-refractivity contribution in [1.82, 2.24) is 9.88 Å². The van der Waals surface area contributed by atoms with Crippen LogP contribution in [0.1, 0.15) is 43.7 Å².